The Kier molecular flexibility index (Phi) is 6.24. The van der Waals surface area contributed by atoms with E-state index in [4.69, 9.17) is 9.47 Å². The molecule has 9 heteroatoms. The lowest BCUT2D eigenvalue weighted by Gasteiger charge is -2.14. The van der Waals surface area contributed by atoms with E-state index in [2.05, 4.69) is 10.3 Å². The van der Waals surface area contributed by atoms with Gasteiger partial charge in [0.25, 0.3) is 0 Å². The number of methoxy groups -OCH3 is 2. The number of aromatic nitrogens is 1. The van der Waals surface area contributed by atoms with E-state index < -0.39 is 17.6 Å². The average molecular weight is 472 g/mol. The topological polar surface area (TPSA) is 60.5 Å². The van der Waals surface area contributed by atoms with Crippen LogP contribution < -0.4 is 14.8 Å². The molecule has 1 amide bonds. The highest BCUT2D eigenvalue weighted by atomic mass is 32.1. The van der Waals surface area contributed by atoms with Crippen LogP contribution >= 0.6 is 11.3 Å². The van der Waals surface area contributed by atoms with Crippen molar-refractivity contribution < 1.29 is 27.4 Å². The molecule has 1 N–H and O–H groups in total. The summed E-state index contributed by atoms with van der Waals surface area (Å²) in [5, 5.41) is 2.79. The smallest absolute Gasteiger partial charge is 0.417 e. The Morgan fingerprint density at radius 1 is 0.970 bits per heavy atom. The van der Waals surface area contributed by atoms with Gasteiger partial charge in [0, 0.05) is 11.3 Å². The third kappa shape index (κ3) is 5.09. The molecule has 1 heterocycles. The van der Waals surface area contributed by atoms with E-state index in [1.165, 1.54) is 26.4 Å². The number of halogens is 3. The van der Waals surface area contributed by atoms with Gasteiger partial charge in [0.1, 0.15) is 16.5 Å². The van der Waals surface area contributed by atoms with Crippen LogP contribution in [0.3, 0.4) is 0 Å². The predicted octanol–water partition coefficient (Wildman–Crippen LogP) is 6.18. The van der Waals surface area contributed by atoms with Gasteiger partial charge in [-0.1, -0.05) is 12.1 Å². The largest absolute Gasteiger partial charge is 0.497 e. The van der Waals surface area contributed by atoms with E-state index in [-0.39, 0.29) is 22.7 Å². The van der Waals surface area contributed by atoms with Crippen molar-refractivity contribution in [3.8, 4) is 22.1 Å². The van der Waals surface area contributed by atoms with Gasteiger partial charge < -0.3 is 14.8 Å². The fourth-order valence-electron chi connectivity index (χ4n) is 3.32. The minimum absolute atomic E-state index is 0.0206. The first kappa shape index (κ1) is 22.6. The van der Waals surface area contributed by atoms with Gasteiger partial charge in [-0.15, -0.1) is 11.3 Å². The third-order valence-electron chi connectivity index (χ3n) is 4.96. The van der Waals surface area contributed by atoms with Crippen molar-refractivity contribution in [2.75, 3.05) is 19.5 Å². The van der Waals surface area contributed by atoms with Gasteiger partial charge in [0.05, 0.1) is 36.4 Å². The highest BCUT2D eigenvalue weighted by Crippen LogP contribution is 2.41. The Bertz CT molecular complexity index is 1300. The fourth-order valence-corrected chi connectivity index (χ4v) is 4.36. The van der Waals surface area contributed by atoms with Gasteiger partial charge >= 0.3 is 6.18 Å². The normalized spacial score (nSPS) is 11.4. The Morgan fingerprint density at radius 2 is 1.67 bits per heavy atom. The summed E-state index contributed by atoms with van der Waals surface area (Å²) in [6, 6.07) is 15.7. The second kappa shape index (κ2) is 9.11. The zero-order valence-electron chi connectivity index (χ0n) is 17.7. The van der Waals surface area contributed by atoms with Crippen molar-refractivity contribution in [2.24, 2.45) is 0 Å². The molecule has 3 aromatic carbocycles. The monoisotopic (exact) mass is 472 g/mol. The van der Waals surface area contributed by atoms with Gasteiger partial charge in [-0.2, -0.15) is 13.2 Å². The maximum absolute atomic E-state index is 13.9. The van der Waals surface area contributed by atoms with Crippen molar-refractivity contribution in [1.82, 2.24) is 4.98 Å². The van der Waals surface area contributed by atoms with Crippen LogP contribution in [0.1, 0.15) is 11.1 Å². The Morgan fingerprint density at radius 3 is 2.33 bits per heavy atom. The van der Waals surface area contributed by atoms with Crippen LogP contribution in [0.5, 0.6) is 11.5 Å². The van der Waals surface area contributed by atoms with Crippen molar-refractivity contribution in [1.29, 1.82) is 0 Å². The Labute approximate surface area is 191 Å². The molecule has 0 aliphatic rings. The van der Waals surface area contributed by atoms with Gasteiger partial charge in [0.2, 0.25) is 5.91 Å². The number of carbonyl (C=O) groups is 1. The summed E-state index contributed by atoms with van der Waals surface area (Å²) in [6.45, 7) is 0. The molecule has 1 aromatic heterocycles. The van der Waals surface area contributed by atoms with Crippen LogP contribution in [0, 0.1) is 0 Å². The van der Waals surface area contributed by atoms with Gasteiger partial charge in [-0.05, 0) is 54.1 Å². The quantitative estimate of drug-likeness (QED) is 0.364. The van der Waals surface area contributed by atoms with Crippen LogP contribution in [-0.2, 0) is 17.4 Å². The van der Waals surface area contributed by atoms with Gasteiger partial charge in [-0.25, -0.2) is 4.98 Å². The molecule has 5 nitrogen and oxygen atoms in total. The summed E-state index contributed by atoms with van der Waals surface area (Å²) in [4.78, 5) is 16.7. The number of nitrogens with zero attached hydrogens (tertiary/aromatic N) is 1. The number of anilines is 1. The predicted molar refractivity (Wildman–Crippen MR) is 122 cm³/mol. The number of fused-ring (bicyclic) bond motifs is 1. The van der Waals surface area contributed by atoms with Crippen molar-refractivity contribution in [3.63, 3.8) is 0 Å². The molecule has 0 saturated heterocycles. The molecule has 0 spiro atoms. The van der Waals surface area contributed by atoms with Gasteiger partial charge in [0.15, 0.2) is 0 Å². The maximum Gasteiger partial charge on any atom is 0.417 e. The van der Waals surface area contributed by atoms with E-state index in [0.29, 0.717) is 27.3 Å². The van der Waals surface area contributed by atoms with Crippen LogP contribution in [0.2, 0.25) is 0 Å². The molecule has 33 heavy (non-hydrogen) atoms. The number of thiazole rings is 1. The Balaban J connectivity index is 1.61. The summed E-state index contributed by atoms with van der Waals surface area (Å²) in [5.41, 5.74) is 0.450. The average Bonchev–Trinajstić information content (AvgIpc) is 3.22. The molecular formula is C24H19F3N2O3S. The maximum atomic E-state index is 13.9. The standard InChI is InChI=1S/C24H19F3N2O3S/c1-31-16-6-3-14(4-7-16)11-22(30)28-15-5-9-18(19(12-15)24(25,26)27)23-29-20-10-8-17(32-2)13-21(20)33-23/h3-10,12-13H,11H2,1-2H3,(H,28,30). The van der Waals surface area contributed by atoms with Crippen LogP contribution in [-0.4, -0.2) is 25.1 Å². The molecule has 4 aromatic rings. The van der Waals surface area contributed by atoms with Crippen molar-refractivity contribution in [3.05, 3.63) is 71.8 Å². The second-order valence-corrected chi connectivity index (χ2v) is 8.21. The molecule has 0 saturated carbocycles. The molecule has 0 unspecified atom stereocenters. The van der Waals surface area contributed by atoms with Crippen LogP contribution in [0.4, 0.5) is 18.9 Å². The zero-order chi connectivity index (χ0) is 23.6. The number of carbonyl (C=O) groups excluding carboxylic acids is 1. The van der Waals surface area contributed by atoms with E-state index in [9.17, 15) is 18.0 Å². The Hall–Kier alpha value is -3.59. The summed E-state index contributed by atoms with van der Waals surface area (Å²) >= 11 is 1.15. The van der Waals surface area contributed by atoms with Gasteiger partial charge in [-0.3, -0.25) is 4.79 Å². The fraction of sp³-hybridized carbons (Fsp3) is 0.167. The molecule has 0 aliphatic carbocycles. The number of hydrogen-bond acceptors (Lipinski definition) is 5. The zero-order valence-corrected chi connectivity index (χ0v) is 18.5. The van der Waals surface area contributed by atoms with Crippen LogP contribution in [0.15, 0.2) is 60.7 Å². The van der Waals surface area contributed by atoms with Crippen molar-refractivity contribution >= 4 is 33.1 Å². The second-order valence-electron chi connectivity index (χ2n) is 7.18. The molecular weight excluding hydrogens is 453 g/mol. The molecule has 0 atom stereocenters. The number of hydrogen-bond donors (Lipinski definition) is 1. The third-order valence-corrected chi connectivity index (χ3v) is 6.01. The van der Waals surface area contributed by atoms with E-state index in [0.717, 1.165) is 17.4 Å². The lowest BCUT2D eigenvalue weighted by atomic mass is 10.1. The number of rotatable bonds is 6. The molecule has 0 aliphatic heterocycles. The molecule has 0 radical (unpaired) electrons. The first-order chi connectivity index (χ1) is 15.8. The highest BCUT2D eigenvalue weighted by molar-refractivity contribution is 7.21. The summed E-state index contributed by atoms with van der Waals surface area (Å²) in [5.74, 6) is 0.828. The molecule has 170 valence electrons. The number of alkyl halides is 3. The first-order valence-electron chi connectivity index (χ1n) is 9.86. The minimum Gasteiger partial charge on any atom is -0.497 e. The van der Waals surface area contributed by atoms with Crippen LogP contribution in [0.25, 0.3) is 20.8 Å². The summed E-state index contributed by atoms with van der Waals surface area (Å²) in [6.07, 6.45) is -4.60. The van der Waals surface area contributed by atoms with E-state index in [1.807, 2.05) is 0 Å². The number of ether oxygens (including phenoxy) is 2. The number of benzene rings is 3. The molecule has 4 rings (SSSR count). The van der Waals surface area contributed by atoms with E-state index >= 15 is 0 Å². The number of nitrogens with one attached hydrogen (secondary N) is 1. The molecule has 0 fully saturated rings. The lowest BCUT2D eigenvalue weighted by molar-refractivity contribution is -0.137. The van der Waals surface area contributed by atoms with E-state index in [1.54, 1.807) is 42.5 Å². The minimum atomic E-state index is -4.62. The lowest BCUT2D eigenvalue weighted by Crippen LogP contribution is -2.15. The first-order valence-corrected chi connectivity index (χ1v) is 10.7. The highest BCUT2D eigenvalue weighted by Gasteiger charge is 2.35. The molecule has 0 bridgehead atoms. The summed E-state index contributed by atoms with van der Waals surface area (Å²) < 4.78 is 52.6. The van der Waals surface area contributed by atoms with Crippen molar-refractivity contribution in [2.45, 2.75) is 12.6 Å². The SMILES string of the molecule is COc1ccc(CC(=O)Nc2ccc(-c3nc4ccc(OC)cc4s3)c(C(F)(F)F)c2)cc1. The summed E-state index contributed by atoms with van der Waals surface area (Å²) in [7, 11) is 3.06. The number of amides is 1.